The molecule has 0 fully saturated rings. The minimum atomic E-state index is -2.21. The standard InChI is InChI=1S/C27H23Cl3N2O3/c1-17(33)21-15-31(2)16-22(26(35)27(28,29)30)20(21)13-25(34)24-12-19-10-6-7-11-23(19)32(24)14-18-8-4-3-5-9-18/h3-12,15-16,20H,13-14H2,1-2H3. The third-order valence-electron chi connectivity index (χ3n) is 6.03. The molecule has 1 aliphatic rings. The van der Waals surface area contributed by atoms with Gasteiger partial charge in [0.25, 0.3) is 3.79 Å². The maximum absolute atomic E-state index is 13.8. The fourth-order valence-corrected chi connectivity index (χ4v) is 4.76. The Balaban J connectivity index is 1.76. The van der Waals surface area contributed by atoms with Crippen LogP contribution in [0.4, 0.5) is 0 Å². The highest BCUT2D eigenvalue weighted by atomic mass is 35.6. The minimum absolute atomic E-state index is 0.110. The van der Waals surface area contributed by atoms with E-state index in [1.807, 2.05) is 65.2 Å². The first-order valence-electron chi connectivity index (χ1n) is 11.0. The lowest BCUT2D eigenvalue weighted by molar-refractivity contribution is -0.115. The molecule has 0 saturated heterocycles. The van der Waals surface area contributed by atoms with Gasteiger partial charge in [0.05, 0.1) is 5.69 Å². The Hall–Kier alpha value is -2.86. The summed E-state index contributed by atoms with van der Waals surface area (Å²) in [6.07, 6.45) is 2.99. The molecule has 0 amide bonds. The number of para-hydroxylation sites is 1. The molecule has 0 saturated carbocycles. The molecule has 8 heteroatoms. The second kappa shape index (κ2) is 10.0. The Morgan fingerprint density at radius 2 is 1.54 bits per heavy atom. The highest BCUT2D eigenvalue weighted by Crippen LogP contribution is 2.38. The van der Waals surface area contributed by atoms with Crippen LogP contribution in [-0.2, 0) is 16.1 Å². The van der Waals surface area contributed by atoms with Crippen molar-refractivity contribution in [3.8, 4) is 0 Å². The van der Waals surface area contributed by atoms with E-state index in [1.54, 1.807) is 18.1 Å². The van der Waals surface area contributed by atoms with Crippen molar-refractivity contribution in [2.45, 2.75) is 23.7 Å². The number of carbonyl (C=O) groups is 3. The Labute approximate surface area is 218 Å². The number of benzene rings is 2. The lowest BCUT2D eigenvalue weighted by Crippen LogP contribution is -2.33. The number of nitrogens with zero attached hydrogens (tertiary/aromatic N) is 2. The first kappa shape index (κ1) is 25.2. The molecule has 180 valence electrons. The van der Waals surface area contributed by atoms with Gasteiger partial charge in [0, 0.05) is 60.4 Å². The number of carbonyl (C=O) groups excluding carboxylic acids is 3. The number of alkyl halides is 3. The molecule has 3 aromatic rings. The van der Waals surface area contributed by atoms with Gasteiger partial charge in [-0.15, -0.1) is 0 Å². The van der Waals surface area contributed by atoms with E-state index in [1.165, 1.54) is 13.1 Å². The van der Waals surface area contributed by atoms with Crippen LogP contribution in [0.25, 0.3) is 10.9 Å². The normalized spacial score (nSPS) is 16.1. The summed E-state index contributed by atoms with van der Waals surface area (Å²) in [7, 11) is 1.67. The molecule has 0 bridgehead atoms. The van der Waals surface area contributed by atoms with Crippen LogP contribution < -0.4 is 0 Å². The maximum Gasteiger partial charge on any atom is 0.253 e. The number of fused-ring (bicyclic) bond motifs is 1. The zero-order chi connectivity index (χ0) is 25.3. The highest BCUT2D eigenvalue weighted by Gasteiger charge is 2.41. The first-order chi connectivity index (χ1) is 16.6. The summed E-state index contributed by atoms with van der Waals surface area (Å²) >= 11 is 17.7. The summed E-state index contributed by atoms with van der Waals surface area (Å²) in [6.45, 7) is 1.89. The second-order valence-corrected chi connectivity index (χ2v) is 10.8. The maximum atomic E-state index is 13.8. The highest BCUT2D eigenvalue weighted by molar-refractivity contribution is 6.77. The average molecular weight is 530 g/mol. The number of rotatable bonds is 7. The van der Waals surface area contributed by atoms with Crippen molar-refractivity contribution in [3.63, 3.8) is 0 Å². The zero-order valence-electron chi connectivity index (χ0n) is 19.2. The molecule has 4 rings (SSSR count). The third-order valence-corrected chi connectivity index (χ3v) is 6.55. The van der Waals surface area contributed by atoms with E-state index >= 15 is 0 Å². The van der Waals surface area contributed by atoms with Crippen LogP contribution in [0.5, 0.6) is 0 Å². The van der Waals surface area contributed by atoms with Crippen LogP contribution in [0.3, 0.4) is 0 Å². The molecule has 5 nitrogen and oxygen atoms in total. The molecule has 35 heavy (non-hydrogen) atoms. The van der Waals surface area contributed by atoms with Crippen molar-refractivity contribution < 1.29 is 14.4 Å². The van der Waals surface area contributed by atoms with Gasteiger partial charge in [-0.25, -0.2) is 0 Å². The summed E-state index contributed by atoms with van der Waals surface area (Å²) in [6, 6.07) is 19.4. The zero-order valence-corrected chi connectivity index (χ0v) is 21.4. The van der Waals surface area contributed by atoms with Crippen molar-refractivity contribution in [2.24, 2.45) is 5.92 Å². The van der Waals surface area contributed by atoms with E-state index in [4.69, 9.17) is 34.8 Å². The van der Waals surface area contributed by atoms with Gasteiger partial charge in [0.2, 0.25) is 5.78 Å². The van der Waals surface area contributed by atoms with Crippen LogP contribution in [0.1, 0.15) is 29.4 Å². The number of Topliss-reactive ketones (excluding diaryl/α,β-unsaturated/α-hetero) is 3. The van der Waals surface area contributed by atoms with Crippen LogP contribution in [-0.4, -0.2) is 37.7 Å². The average Bonchev–Trinajstić information content (AvgIpc) is 3.18. The van der Waals surface area contributed by atoms with Gasteiger partial charge in [0.1, 0.15) is 0 Å². The van der Waals surface area contributed by atoms with Crippen molar-refractivity contribution in [3.05, 3.63) is 95.5 Å². The molecule has 0 aliphatic carbocycles. The third kappa shape index (κ3) is 5.37. The van der Waals surface area contributed by atoms with E-state index in [-0.39, 0.29) is 23.6 Å². The molecule has 2 heterocycles. The lowest BCUT2D eigenvalue weighted by Gasteiger charge is -2.29. The number of aromatic nitrogens is 1. The number of allylic oxidation sites excluding steroid dienone is 2. The SMILES string of the molecule is CC(=O)C1=CN(C)C=C(C(=O)C(Cl)(Cl)Cl)C1CC(=O)c1cc2ccccc2n1Cc1ccccc1. The predicted molar refractivity (Wildman–Crippen MR) is 140 cm³/mol. The van der Waals surface area contributed by atoms with Crippen molar-refractivity contribution in [1.29, 1.82) is 0 Å². The Kier molecular flexibility index (Phi) is 7.22. The van der Waals surface area contributed by atoms with E-state index in [0.29, 0.717) is 17.8 Å². The van der Waals surface area contributed by atoms with Gasteiger partial charge in [-0.05, 0) is 24.6 Å². The molecule has 1 aliphatic heterocycles. The smallest absolute Gasteiger partial charge is 0.253 e. The van der Waals surface area contributed by atoms with Crippen LogP contribution in [0.15, 0.2) is 84.2 Å². The molecule has 1 unspecified atom stereocenters. The van der Waals surface area contributed by atoms with Gasteiger partial charge in [-0.3, -0.25) is 14.4 Å². The quantitative estimate of drug-likeness (QED) is 0.273. The molecular weight excluding hydrogens is 507 g/mol. The monoisotopic (exact) mass is 528 g/mol. The van der Waals surface area contributed by atoms with E-state index in [0.717, 1.165) is 16.5 Å². The molecule has 1 atom stereocenters. The number of halogens is 3. The topological polar surface area (TPSA) is 59.4 Å². The molecule has 0 spiro atoms. The number of hydrogen-bond acceptors (Lipinski definition) is 4. The summed E-state index contributed by atoms with van der Waals surface area (Å²) in [5.74, 6) is -2.07. The molecule has 1 aromatic heterocycles. The lowest BCUT2D eigenvalue weighted by atomic mass is 9.81. The van der Waals surface area contributed by atoms with Crippen molar-refractivity contribution >= 4 is 63.1 Å². The fourth-order valence-electron chi connectivity index (χ4n) is 4.43. The fraction of sp³-hybridized carbons (Fsp3) is 0.222. The van der Waals surface area contributed by atoms with Crippen LogP contribution in [0.2, 0.25) is 0 Å². The molecule has 2 aromatic carbocycles. The molecule has 0 radical (unpaired) electrons. The van der Waals surface area contributed by atoms with Gasteiger partial charge in [-0.1, -0.05) is 83.3 Å². The van der Waals surface area contributed by atoms with Gasteiger partial charge in [-0.2, -0.15) is 0 Å². The minimum Gasteiger partial charge on any atom is -0.356 e. The van der Waals surface area contributed by atoms with Crippen LogP contribution >= 0.6 is 34.8 Å². The molecule has 0 N–H and O–H groups in total. The number of ketones is 3. The second-order valence-electron chi connectivity index (χ2n) is 8.56. The largest absolute Gasteiger partial charge is 0.356 e. The van der Waals surface area contributed by atoms with Crippen LogP contribution in [0, 0.1) is 5.92 Å². The first-order valence-corrected chi connectivity index (χ1v) is 12.1. The van der Waals surface area contributed by atoms with E-state index in [9.17, 15) is 14.4 Å². The summed E-state index contributed by atoms with van der Waals surface area (Å²) in [5.41, 5.74) is 2.86. The summed E-state index contributed by atoms with van der Waals surface area (Å²) in [4.78, 5) is 40.8. The Bertz CT molecular complexity index is 1370. The van der Waals surface area contributed by atoms with E-state index < -0.39 is 15.5 Å². The van der Waals surface area contributed by atoms with Crippen molar-refractivity contribution in [1.82, 2.24) is 9.47 Å². The molecular formula is C27H23Cl3N2O3. The number of hydrogen-bond donors (Lipinski definition) is 0. The summed E-state index contributed by atoms with van der Waals surface area (Å²) < 4.78 is -0.255. The Morgan fingerprint density at radius 1 is 0.914 bits per heavy atom. The predicted octanol–water partition coefficient (Wildman–Crippen LogP) is 6.12. The van der Waals surface area contributed by atoms with Gasteiger partial charge >= 0.3 is 0 Å². The Morgan fingerprint density at radius 3 is 2.20 bits per heavy atom. The van der Waals surface area contributed by atoms with Gasteiger partial charge in [0.15, 0.2) is 11.6 Å². The van der Waals surface area contributed by atoms with Crippen molar-refractivity contribution in [2.75, 3.05) is 7.05 Å². The van der Waals surface area contributed by atoms with Gasteiger partial charge < -0.3 is 9.47 Å². The summed E-state index contributed by atoms with van der Waals surface area (Å²) in [5, 5.41) is 0.922. The van der Waals surface area contributed by atoms with E-state index in [2.05, 4.69) is 0 Å².